The first kappa shape index (κ1) is 13.5. The van der Waals surface area contributed by atoms with Gasteiger partial charge in [0.25, 0.3) is 0 Å². The Hall–Kier alpha value is -1.88. The van der Waals surface area contributed by atoms with Gasteiger partial charge in [-0.15, -0.1) is 0 Å². The molecule has 0 unspecified atom stereocenters. The highest BCUT2D eigenvalue weighted by Crippen LogP contribution is 2.33. The maximum atomic E-state index is 5.35. The Bertz CT molecular complexity index is 665. The summed E-state index contributed by atoms with van der Waals surface area (Å²) in [6.07, 6.45) is 1.58. The van der Waals surface area contributed by atoms with Gasteiger partial charge >= 0.3 is 0 Å². The minimum atomic E-state index is 0.448. The first-order chi connectivity index (χ1) is 9.08. The van der Waals surface area contributed by atoms with Gasteiger partial charge in [-0.1, -0.05) is 12.2 Å². The second kappa shape index (κ2) is 5.40. The van der Waals surface area contributed by atoms with Crippen LogP contribution in [0, 0.1) is 18.5 Å². The van der Waals surface area contributed by atoms with Gasteiger partial charge in [0.2, 0.25) is 0 Å². The summed E-state index contributed by atoms with van der Waals surface area (Å²) in [4.78, 5) is 7.14. The van der Waals surface area contributed by atoms with Crippen molar-refractivity contribution < 1.29 is 9.47 Å². The first-order valence-electron chi connectivity index (χ1n) is 5.85. The van der Waals surface area contributed by atoms with Gasteiger partial charge in [0.1, 0.15) is 5.75 Å². The average Bonchev–Trinajstić information content (AvgIpc) is 2.40. The van der Waals surface area contributed by atoms with Gasteiger partial charge in [-0.3, -0.25) is 0 Å². The highest BCUT2D eigenvalue weighted by Gasteiger charge is 2.13. The van der Waals surface area contributed by atoms with Gasteiger partial charge in [0, 0.05) is 5.56 Å². The lowest BCUT2D eigenvalue weighted by molar-refractivity contribution is 0.409. The molecule has 1 aromatic heterocycles. The molecule has 0 amide bonds. The number of benzene rings is 1. The van der Waals surface area contributed by atoms with Gasteiger partial charge in [-0.05, 0) is 37.1 Å². The zero-order valence-corrected chi connectivity index (χ0v) is 12.2. The largest absolute Gasteiger partial charge is 0.496 e. The molecular formula is C14H16N2O2S. The van der Waals surface area contributed by atoms with Crippen molar-refractivity contribution in [3.05, 3.63) is 34.2 Å². The highest BCUT2D eigenvalue weighted by atomic mass is 32.1. The van der Waals surface area contributed by atoms with Crippen LogP contribution in [0.1, 0.15) is 11.1 Å². The Morgan fingerprint density at radius 2 is 1.84 bits per heavy atom. The molecule has 0 saturated carbocycles. The number of aromatic nitrogens is 2. The number of nitrogens with one attached hydrogen (secondary N) is 1. The van der Waals surface area contributed by atoms with Gasteiger partial charge in [0.05, 0.1) is 26.2 Å². The van der Waals surface area contributed by atoms with E-state index >= 15 is 0 Å². The van der Waals surface area contributed by atoms with E-state index in [2.05, 4.69) is 16.0 Å². The summed E-state index contributed by atoms with van der Waals surface area (Å²) in [6.45, 7) is 4.03. The van der Waals surface area contributed by atoms with E-state index in [1.807, 2.05) is 19.9 Å². The molecule has 0 bridgehead atoms. The fourth-order valence-corrected chi connectivity index (χ4v) is 2.29. The maximum absolute atomic E-state index is 5.35. The SMILES string of the molecule is COc1cc(C)c(-c2[nH]cnc(=S)c2OC)cc1C. The molecule has 0 aliphatic heterocycles. The van der Waals surface area contributed by atoms with Crippen LogP contribution < -0.4 is 9.47 Å². The third-order valence-electron chi connectivity index (χ3n) is 3.03. The third-order valence-corrected chi connectivity index (χ3v) is 3.32. The van der Waals surface area contributed by atoms with Gasteiger partial charge in [-0.25, -0.2) is 4.98 Å². The summed E-state index contributed by atoms with van der Waals surface area (Å²) in [7, 11) is 3.26. The molecule has 0 saturated heterocycles. The molecule has 0 spiro atoms. The maximum Gasteiger partial charge on any atom is 0.179 e. The number of methoxy groups -OCH3 is 2. The summed E-state index contributed by atoms with van der Waals surface area (Å²) in [5.41, 5.74) is 4.01. The predicted molar refractivity (Wildman–Crippen MR) is 77.4 cm³/mol. The fourth-order valence-electron chi connectivity index (χ4n) is 2.05. The lowest BCUT2D eigenvalue weighted by atomic mass is 10.0. The smallest absolute Gasteiger partial charge is 0.179 e. The number of aromatic amines is 1. The molecule has 19 heavy (non-hydrogen) atoms. The van der Waals surface area contributed by atoms with E-state index in [9.17, 15) is 0 Å². The number of H-pyrrole nitrogens is 1. The number of hydrogen-bond acceptors (Lipinski definition) is 4. The van der Waals surface area contributed by atoms with Crippen LogP contribution >= 0.6 is 12.2 Å². The summed E-state index contributed by atoms with van der Waals surface area (Å²) in [5.74, 6) is 1.46. The van der Waals surface area contributed by atoms with Crippen molar-refractivity contribution >= 4 is 12.2 Å². The monoisotopic (exact) mass is 276 g/mol. The second-order valence-electron chi connectivity index (χ2n) is 4.25. The molecule has 2 aromatic rings. The van der Waals surface area contributed by atoms with Gasteiger partial charge < -0.3 is 14.5 Å². The van der Waals surface area contributed by atoms with Crippen LogP contribution in [0.4, 0.5) is 0 Å². The highest BCUT2D eigenvalue weighted by molar-refractivity contribution is 7.71. The van der Waals surface area contributed by atoms with Crippen molar-refractivity contribution in [1.29, 1.82) is 0 Å². The van der Waals surface area contributed by atoms with Crippen molar-refractivity contribution in [2.75, 3.05) is 14.2 Å². The Morgan fingerprint density at radius 3 is 2.47 bits per heavy atom. The third kappa shape index (κ3) is 2.46. The molecular weight excluding hydrogens is 260 g/mol. The van der Waals surface area contributed by atoms with E-state index < -0.39 is 0 Å². The second-order valence-corrected chi connectivity index (χ2v) is 4.64. The molecule has 1 heterocycles. The molecule has 1 aromatic carbocycles. The molecule has 100 valence electrons. The Balaban J connectivity index is 2.69. The summed E-state index contributed by atoms with van der Waals surface area (Å²) >= 11 is 5.18. The molecule has 0 aliphatic carbocycles. The minimum absolute atomic E-state index is 0.448. The van der Waals surface area contributed by atoms with Crippen molar-refractivity contribution in [2.24, 2.45) is 0 Å². The average molecular weight is 276 g/mol. The standard InChI is InChI=1S/C14H16N2O2S/c1-8-6-11(17-3)9(2)5-10(8)12-13(18-4)14(19)16-7-15-12/h5-7H,1-4H3,(H,15,16,19). The van der Waals surface area contributed by atoms with Crippen LogP contribution in [-0.2, 0) is 0 Å². The van der Waals surface area contributed by atoms with E-state index in [4.69, 9.17) is 21.7 Å². The fraction of sp³-hybridized carbons (Fsp3) is 0.286. The molecule has 2 rings (SSSR count). The molecule has 4 nitrogen and oxygen atoms in total. The Labute approximate surface area is 117 Å². The van der Waals surface area contributed by atoms with Crippen LogP contribution in [-0.4, -0.2) is 24.2 Å². The van der Waals surface area contributed by atoms with Crippen LogP contribution in [0.3, 0.4) is 0 Å². The lowest BCUT2D eigenvalue weighted by Crippen LogP contribution is -1.97. The van der Waals surface area contributed by atoms with Crippen LogP contribution in [0.2, 0.25) is 0 Å². The summed E-state index contributed by atoms with van der Waals surface area (Å²) < 4.78 is 11.1. The number of hydrogen-bond donors (Lipinski definition) is 1. The van der Waals surface area contributed by atoms with E-state index in [1.54, 1.807) is 20.5 Å². The molecule has 0 radical (unpaired) electrons. The zero-order chi connectivity index (χ0) is 14.0. The van der Waals surface area contributed by atoms with E-state index in [1.165, 1.54) is 0 Å². The van der Waals surface area contributed by atoms with Crippen LogP contribution in [0.5, 0.6) is 11.5 Å². The Kier molecular flexibility index (Phi) is 3.85. The molecule has 5 heteroatoms. The molecule has 1 N–H and O–H groups in total. The van der Waals surface area contributed by atoms with Gasteiger partial charge in [-0.2, -0.15) is 0 Å². The topological polar surface area (TPSA) is 47.1 Å². The van der Waals surface area contributed by atoms with E-state index in [0.29, 0.717) is 10.4 Å². The zero-order valence-electron chi connectivity index (χ0n) is 11.4. The van der Waals surface area contributed by atoms with Crippen molar-refractivity contribution in [3.63, 3.8) is 0 Å². The quantitative estimate of drug-likeness (QED) is 0.872. The summed E-state index contributed by atoms with van der Waals surface area (Å²) in [5, 5.41) is 0. The number of ether oxygens (including phenoxy) is 2. The van der Waals surface area contributed by atoms with Gasteiger partial charge in [0.15, 0.2) is 10.4 Å². The molecule has 0 atom stereocenters. The Morgan fingerprint density at radius 1 is 1.11 bits per heavy atom. The predicted octanol–water partition coefficient (Wildman–Crippen LogP) is 3.44. The normalized spacial score (nSPS) is 10.3. The van der Waals surface area contributed by atoms with E-state index in [0.717, 1.165) is 28.1 Å². The minimum Gasteiger partial charge on any atom is -0.496 e. The van der Waals surface area contributed by atoms with E-state index in [-0.39, 0.29) is 0 Å². The van der Waals surface area contributed by atoms with Crippen LogP contribution in [0.25, 0.3) is 11.3 Å². The molecule has 0 fully saturated rings. The summed E-state index contributed by atoms with van der Waals surface area (Å²) in [6, 6.07) is 4.05. The van der Waals surface area contributed by atoms with Crippen molar-refractivity contribution in [2.45, 2.75) is 13.8 Å². The molecule has 0 aliphatic rings. The number of rotatable bonds is 3. The van der Waals surface area contributed by atoms with Crippen molar-refractivity contribution in [3.8, 4) is 22.8 Å². The number of nitrogens with zero attached hydrogens (tertiary/aromatic N) is 1. The number of aryl methyl sites for hydroxylation is 2. The first-order valence-corrected chi connectivity index (χ1v) is 6.26. The van der Waals surface area contributed by atoms with Crippen molar-refractivity contribution in [1.82, 2.24) is 9.97 Å². The van der Waals surface area contributed by atoms with Crippen LogP contribution in [0.15, 0.2) is 18.5 Å². The lowest BCUT2D eigenvalue weighted by Gasteiger charge is -2.13.